The number of hydrogen-bond donors (Lipinski definition) is 3. The molecule has 0 saturated carbocycles. The molecule has 0 bridgehead atoms. The second kappa shape index (κ2) is 8.15. The number of aromatic nitrogens is 3. The maximum atomic E-state index is 15.0. The quantitative estimate of drug-likeness (QED) is 0.382. The van der Waals surface area contributed by atoms with Gasteiger partial charge >= 0.3 is 11.8 Å². The molecular weight excluding hydrogens is 448 g/mol. The molecule has 0 spiro atoms. The standard InChI is InChI=1S/C23H19F2N5O4/c1-22(2,12-26)9-7-15-13-4-3-11-29(16(13)8-10-27-15)20-18-17(6-5-14(24)19(18)25)30(21(31)28-20)23(32,33)34/h5-6,8,10,32-34H,3-4,11H2,1-2H3. The molecule has 34 heavy (non-hydrogen) atoms. The van der Waals surface area contributed by atoms with Crippen molar-refractivity contribution in [2.45, 2.75) is 32.8 Å². The minimum Gasteiger partial charge on any atom is -0.325 e. The van der Waals surface area contributed by atoms with Crippen LogP contribution >= 0.6 is 0 Å². The van der Waals surface area contributed by atoms with Crippen LogP contribution in [-0.4, -0.2) is 36.4 Å². The highest BCUT2D eigenvalue weighted by atomic mass is 19.2. The zero-order valence-electron chi connectivity index (χ0n) is 18.2. The topological polar surface area (TPSA) is 136 Å². The van der Waals surface area contributed by atoms with Crippen molar-refractivity contribution in [1.82, 2.24) is 14.5 Å². The van der Waals surface area contributed by atoms with Gasteiger partial charge in [-0.3, -0.25) is 0 Å². The normalized spacial score (nSPS) is 13.8. The third kappa shape index (κ3) is 3.97. The molecule has 3 N–H and O–H groups in total. The Morgan fingerprint density at radius 1 is 1.18 bits per heavy atom. The lowest BCUT2D eigenvalue weighted by Gasteiger charge is -2.32. The first-order chi connectivity index (χ1) is 15.9. The lowest BCUT2D eigenvalue weighted by atomic mass is 9.95. The van der Waals surface area contributed by atoms with Crippen molar-refractivity contribution in [2.24, 2.45) is 5.41 Å². The molecular formula is C23H19F2N5O4. The van der Waals surface area contributed by atoms with E-state index in [-0.39, 0.29) is 16.9 Å². The van der Waals surface area contributed by atoms with Crippen molar-refractivity contribution in [3.05, 3.63) is 57.8 Å². The number of benzene rings is 1. The van der Waals surface area contributed by atoms with E-state index in [1.54, 1.807) is 19.9 Å². The van der Waals surface area contributed by atoms with Crippen LogP contribution in [0.1, 0.15) is 31.5 Å². The number of hydrogen-bond acceptors (Lipinski definition) is 8. The van der Waals surface area contributed by atoms with E-state index in [1.807, 2.05) is 0 Å². The number of nitrogens with zero attached hydrogens (tertiary/aromatic N) is 5. The molecule has 1 aliphatic rings. The Morgan fingerprint density at radius 3 is 2.59 bits per heavy atom. The number of nitriles is 1. The summed E-state index contributed by atoms with van der Waals surface area (Å²) in [7, 11) is 0. The van der Waals surface area contributed by atoms with Gasteiger partial charge in [0.1, 0.15) is 11.1 Å². The molecule has 1 aliphatic heterocycles. The molecule has 9 nitrogen and oxygen atoms in total. The second-order valence-corrected chi connectivity index (χ2v) is 8.31. The summed E-state index contributed by atoms with van der Waals surface area (Å²) in [6.45, 7) is 3.60. The van der Waals surface area contributed by atoms with Gasteiger partial charge in [0.25, 0.3) is 0 Å². The van der Waals surface area contributed by atoms with E-state index >= 15 is 0 Å². The number of aliphatic hydroxyl groups is 3. The summed E-state index contributed by atoms with van der Waals surface area (Å²) in [5, 5.41) is 37.6. The molecule has 3 aromatic rings. The molecule has 0 atom stereocenters. The summed E-state index contributed by atoms with van der Waals surface area (Å²) < 4.78 is 29.2. The maximum Gasteiger partial charge on any atom is 0.377 e. The summed E-state index contributed by atoms with van der Waals surface area (Å²) in [4.78, 5) is 22.2. The SMILES string of the molecule is CC(C)(C#N)C#Cc1nccc2c1CCCN2c1nc(=O)n(C(O)(O)O)c2ccc(F)c(F)c12. The lowest BCUT2D eigenvalue weighted by Crippen LogP contribution is -2.43. The fourth-order valence-corrected chi connectivity index (χ4v) is 3.81. The van der Waals surface area contributed by atoms with Gasteiger partial charge in [0.2, 0.25) is 0 Å². The molecule has 0 radical (unpaired) electrons. The first-order valence-corrected chi connectivity index (χ1v) is 10.2. The Hall–Kier alpha value is -3.90. The lowest BCUT2D eigenvalue weighted by molar-refractivity contribution is -0.374. The van der Waals surface area contributed by atoms with Crippen LogP contribution in [0, 0.1) is 40.2 Å². The van der Waals surface area contributed by atoms with Crippen molar-refractivity contribution < 1.29 is 24.1 Å². The van der Waals surface area contributed by atoms with Gasteiger partial charge in [-0.25, -0.2) is 23.1 Å². The third-order valence-electron chi connectivity index (χ3n) is 5.39. The Labute approximate surface area is 192 Å². The average molecular weight is 467 g/mol. The van der Waals surface area contributed by atoms with Crippen molar-refractivity contribution in [3.8, 4) is 17.9 Å². The minimum atomic E-state index is -3.69. The van der Waals surface area contributed by atoms with Crippen molar-refractivity contribution in [2.75, 3.05) is 11.4 Å². The largest absolute Gasteiger partial charge is 0.377 e. The van der Waals surface area contributed by atoms with Crippen LogP contribution in [0.5, 0.6) is 0 Å². The number of fused-ring (bicyclic) bond motifs is 2. The Kier molecular flexibility index (Phi) is 5.58. The number of pyridine rings is 1. The molecule has 4 rings (SSSR count). The highest BCUT2D eigenvalue weighted by Gasteiger charge is 2.32. The number of rotatable bonds is 2. The molecule has 11 heteroatoms. The fourth-order valence-electron chi connectivity index (χ4n) is 3.81. The van der Waals surface area contributed by atoms with Gasteiger partial charge in [-0.2, -0.15) is 10.2 Å². The summed E-state index contributed by atoms with van der Waals surface area (Å²) in [5.74, 6) is 2.86. The van der Waals surface area contributed by atoms with E-state index in [1.165, 1.54) is 11.1 Å². The highest BCUT2D eigenvalue weighted by molar-refractivity contribution is 5.93. The van der Waals surface area contributed by atoms with Gasteiger partial charge in [0, 0.05) is 24.0 Å². The third-order valence-corrected chi connectivity index (χ3v) is 5.39. The van der Waals surface area contributed by atoms with Crippen LogP contribution in [0.25, 0.3) is 10.9 Å². The van der Waals surface area contributed by atoms with Crippen LogP contribution in [0.2, 0.25) is 0 Å². The molecule has 0 unspecified atom stereocenters. The van der Waals surface area contributed by atoms with Gasteiger partial charge in [-0.1, -0.05) is 5.92 Å². The molecule has 0 amide bonds. The van der Waals surface area contributed by atoms with E-state index in [4.69, 9.17) is 0 Å². The summed E-state index contributed by atoms with van der Waals surface area (Å²) in [6, 6.07) is 5.33. The summed E-state index contributed by atoms with van der Waals surface area (Å²) in [6.07, 6.45) is -1.15. The Bertz CT molecular complexity index is 1480. The van der Waals surface area contributed by atoms with E-state index in [0.717, 1.165) is 6.07 Å². The van der Waals surface area contributed by atoms with Gasteiger partial charge in [-0.15, -0.1) is 0 Å². The van der Waals surface area contributed by atoms with E-state index in [9.17, 15) is 34.2 Å². The van der Waals surface area contributed by atoms with Gasteiger partial charge in [0.05, 0.1) is 17.0 Å². The Balaban J connectivity index is 1.99. The van der Waals surface area contributed by atoms with Crippen molar-refractivity contribution in [3.63, 3.8) is 0 Å². The van der Waals surface area contributed by atoms with Crippen molar-refractivity contribution in [1.29, 1.82) is 5.26 Å². The van der Waals surface area contributed by atoms with Crippen LogP contribution < -0.4 is 10.6 Å². The predicted octanol–water partition coefficient (Wildman–Crippen LogP) is 1.60. The molecule has 0 saturated heterocycles. The minimum absolute atomic E-state index is 0.0483. The number of anilines is 2. The van der Waals surface area contributed by atoms with E-state index in [0.29, 0.717) is 35.9 Å². The molecule has 3 heterocycles. The van der Waals surface area contributed by atoms with Crippen LogP contribution in [0.4, 0.5) is 20.3 Å². The Morgan fingerprint density at radius 2 is 1.91 bits per heavy atom. The molecule has 0 fully saturated rings. The zero-order valence-corrected chi connectivity index (χ0v) is 18.2. The van der Waals surface area contributed by atoms with Crippen LogP contribution in [-0.2, 0) is 12.5 Å². The molecule has 0 aliphatic carbocycles. The van der Waals surface area contributed by atoms with Crippen LogP contribution in [0.3, 0.4) is 0 Å². The van der Waals surface area contributed by atoms with Crippen molar-refractivity contribution >= 4 is 22.4 Å². The zero-order chi connectivity index (χ0) is 24.8. The van der Waals surface area contributed by atoms with Gasteiger partial charge < -0.3 is 20.2 Å². The van der Waals surface area contributed by atoms with E-state index < -0.39 is 39.7 Å². The monoisotopic (exact) mass is 467 g/mol. The first-order valence-electron chi connectivity index (χ1n) is 10.2. The van der Waals surface area contributed by atoms with Gasteiger partial charge in [-0.05, 0) is 50.8 Å². The fraction of sp³-hybridized carbons (Fsp3) is 0.304. The maximum absolute atomic E-state index is 15.0. The van der Waals surface area contributed by atoms with Crippen LogP contribution in [0.15, 0.2) is 29.2 Å². The van der Waals surface area contributed by atoms with E-state index in [2.05, 4.69) is 27.9 Å². The first kappa shape index (κ1) is 23.3. The molecule has 2 aromatic heterocycles. The summed E-state index contributed by atoms with van der Waals surface area (Å²) >= 11 is 0. The molecule has 174 valence electrons. The number of halogens is 2. The smallest absolute Gasteiger partial charge is 0.325 e. The molecule has 1 aromatic carbocycles. The second-order valence-electron chi connectivity index (χ2n) is 8.31. The summed E-state index contributed by atoms with van der Waals surface area (Å²) in [5.41, 5.74) is -1.11. The van der Waals surface area contributed by atoms with Gasteiger partial charge in [0.15, 0.2) is 17.5 Å². The highest BCUT2D eigenvalue weighted by Crippen LogP contribution is 2.38. The average Bonchev–Trinajstić information content (AvgIpc) is 2.78. The predicted molar refractivity (Wildman–Crippen MR) is 116 cm³/mol.